The Bertz CT molecular complexity index is 1020. The van der Waals surface area contributed by atoms with Crippen LogP contribution in [0.3, 0.4) is 0 Å². The molecule has 5 heteroatoms. The average molecular weight is 405 g/mol. The number of anilines is 1. The molecule has 2 aliphatic rings. The lowest BCUT2D eigenvalue weighted by molar-refractivity contribution is -0.119. The molecule has 0 bridgehead atoms. The average Bonchev–Trinajstić information content (AvgIpc) is 2.78. The highest BCUT2D eigenvalue weighted by molar-refractivity contribution is 6.07. The molecule has 0 saturated carbocycles. The highest BCUT2D eigenvalue weighted by Crippen LogP contribution is 2.46. The first-order valence-corrected chi connectivity index (χ1v) is 10.5. The van der Waals surface area contributed by atoms with Gasteiger partial charge in [-0.25, -0.2) is 0 Å². The zero-order chi connectivity index (χ0) is 21.3. The van der Waals surface area contributed by atoms with Crippen molar-refractivity contribution in [2.75, 3.05) is 19.1 Å². The second-order valence-electron chi connectivity index (χ2n) is 7.71. The van der Waals surface area contributed by atoms with Gasteiger partial charge in [0.1, 0.15) is 11.5 Å². The molecule has 5 nitrogen and oxygen atoms in total. The minimum Gasteiger partial charge on any atom is -0.497 e. The van der Waals surface area contributed by atoms with Crippen molar-refractivity contribution in [1.82, 2.24) is 0 Å². The van der Waals surface area contributed by atoms with Crippen molar-refractivity contribution in [1.29, 1.82) is 0 Å². The molecule has 1 aliphatic carbocycles. The van der Waals surface area contributed by atoms with E-state index < -0.39 is 0 Å². The summed E-state index contributed by atoms with van der Waals surface area (Å²) >= 11 is 0. The Kier molecular flexibility index (Phi) is 5.62. The van der Waals surface area contributed by atoms with Gasteiger partial charge in [0, 0.05) is 41.7 Å². The number of methoxy groups -OCH3 is 2. The monoisotopic (exact) mass is 405 g/mol. The lowest BCUT2D eigenvalue weighted by Gasteiger charge is -2.39. The number of allylic oxidation sites excluding steroid dienone is 2. The third-order valence-corrected chi connectivity index (χ3v) is 6.10. The number of Topliss-reactive ketones (excluding diaryl/α,β-unsaturated/α-hetero) is 1. The molecular weight excluding hydrogens is 378 g/mol. The summed E-state index contributed by atoms with van der Waals surface area (Å²) in [7, 11) is 3.21. The molecule has 0 aromatic heterocycles. The second-order valence-corrected chi connectivity index (χ2v) is 7.71. The number of carbonyl (C=O) groups is 2. The summed E-state index contributed by atoms with van der Waals surface area (Å²) in [6.07, 6.45) is 3.07. The van der Waals surface area contributed by atoms with Gasteiger partial charge >= 0.3 is 0 Å². The van der Waals surface area contributed by atoms with Crippen LogP contribution in [0.25, 0.3) is 0 Å². The smallest absolute Gasteiger partial charge is 0.232 e. The maximum absolute atomic E-state index is 13.4. The van der Waals surface area contributed by atoms with Crippen LogP contribution in [-0.4, -0.2) is 25.9 Å². The molecule has 156 valence electrons. The van der Waals surface area contributed by atoms with Crippen LogP contribution in [0.2, 0.25) is 0 Å². The first kappa shape index (κ1) is 20.2. The van der Waals surface area contributed by atoms with Crippen LogP contribution in [-0.2, 0) is 16.0 Å². The van der Waals surface area contributed by atoms with E-state index in [1.807, 2.05) is 42.5 Å². The molecule has 0 saturated heterocycles. The normalized spacial score (nSPS) is 19.0. The number of nitrogens with zero attached hydrogens (tertiary/aromatic N) is 1. The molecule has 0 N–H and O–H groups in total. The van der Waals surface area contributed by atoms with Gasteiger partial charge in [0.05, 0.1) is 19.9 Å². The fourth-order valence-corrected chi connectivity index (χ4v) is 4.67. The van der Waals surface area contributed by atoms with Gasteiger partial charge in [0.25, 0.3) is 0 Å². The lowest BCUT2D eigenvalue weighted by atomic mass is 9.76. The summed E-state index contributed by atoms with van der Waals surface area (Å²) in [5, 5.41) is 0. The van der Waals surface area contributed by atoms with Gasteiger partial charge < -0.3 is 9.47 Å². The molecule has 1 amide bonds. The summed E-state index contributed by atoms with van der Waals surface area (Å²) in [5.74, 6) is 1.17. The van der Waals surface area contributed by atoms with Crippen molar-refractivity contribution in [2.24, 2.45) is 0 Å². The van der Waals surface area contributed by atoms with Crippen molar-refractivity contribution in [2.45, 2.75) is 44.9 Å². The van der Waals surface area contributed by atoms with Crippen molar-refractivity contribution in [3.63, 3.8) is 0 Å². The molecule has 2 aromatic carbocycles. The predicted molar refractivity (Wildman–Crippen MR) is 116 cm³/mol. The Balaban J connectivity index is 1.88. The summed E-state index contributed by atoms with van der Waals surface area (Å²) in [4.78, 5) is 28.4. The third kappa shape index (κ3) is 3.38. The van der Waals surface area contributed by atoms with E-state index in [0.29, 0.717) is 17.9 Å². The van der Waals surface area contributed by atoms with E-state index in [0.717, 1.165) is 47.3 Å². The molecule has 0 radical (unpaired) electrons. The molecular formula is C25H27NO4. The standard InChI is InChI=1S/C25H27NO4/c1-4-16-8-5-6-9-20(16)26-21-10-7-11-22(27)25(21)19(15-24(26)28)18-13-12-17(29-2)14-23(18)30-3/h5-6,8-9,12-14,19H,4,7,10-11,15H2,1-3H3. The number of carbonyl (C=O) groups excluding carboxylic acids is 2. The molecule has 1 heterocycles. The molecule has 1 atom stereocenters. The van der Waals surface area contributed by atoms with Gasteiger partial charge in [0.15, 0.2) is 5.78 Å². The van der Waals surface area contributed by atoms with Gasteiger partial charge in [-0.2, -0.15) is 0 Å². The molecule has 2 aromatic rings. The summed E-state index contributed by atoms with van der Waals surface area (Å²) in [5.41, 5.74) is 4.47. The maximum Gasteiger partial charge on any atom is 0.232 e. The van der Waals surface area contributed by atoms with Crippen molar-refractivity contribution in [3.8, 4) is 11.5 Å². The highest BCUT2D eigenvalue weighted by Gasteiger charge is 2.41. The van der Waals surface area contributed by atoms with E-state index >= 15 is 0 Å². The zero-order valence-corrected chi connectivity index (χ0v) is 17.7. The summed E-state index contributed by atoms with van der Waals surface area (Å²) in [6.45, 7) is 2.08. The number of rotatable bonds is 5. The van der Waals surface area contributed by atoms with E-state index in [-0.39, 0.29) is 24.0 Å². The second kappa shape index (κ2) is 8.34. The summed E-state index contributed by atoms with van der Waals surface area (Å²) < 4.78 is 10.9. The van der Waals surface area contributed by atoms with E-state index in [4.69, 9.17) is 9.47 Å². The lowest BCUT2D eigenvalue weighted by Crippen LogP contribution is -2.41. The number of hydrogen-bond acceptors (Lipinski definition) is 4. The van der Waals surface area contributed by atoms with Gasteiger partial charge in [-0.15, -0.1) is 0 Å². The van der Waals surface area contributed by atoms with E-state index in [9.17, 15) is 9.59 Å². The predicted octanol–water partition coefficient (Wildman–Crippen LogP) is 4.79. The highest BCUT2D eigenvalue weighted by atomic mass is 16.5. The van der Waals surface area contributed by atoms with Gasteiger partial charge in [-0.1, -0.05) is 31.2 Å². The Labute approximate surface area is 177 Å². The Morgan fingerprint density at radius 3 is 2.57 bits per heavy atom. The quantitative estimate of drug-likeness (QED) is 0.717. The van der Waals surface area contributed by atoms with Gasteiger partial charge in [-0.05, 0) is 37.0 Å². The van der Waals surface area contributed by atoms with Crippen LogP contribution in [0.5, 0.6) is 11.5 Å². The SMILES string of the molecule is CCc1ccccc1N1C(=O)CC(c2ccc(OC)cc2OC)C2=C1CCCC2=O. The minimum atomic E-state index is -0.300. The number of benzene rings is 2. The fraction of sp³-hybridized carbons (Fsp3) is 0.360. The van der Waals surface area contributed by atoms with Crippen molar-refractivity contribution >= 4 is 17.4 Å². The maximum atomic E-state index is 13.4. The largest absolute Gasteiger partial charge is 0.497 e. The Hall–Kier alpha value is -3.08. The first-order chi connectivity index (χ1) is 14.6. The zero-order valence-electron chi connectivity index (χ0n) is 17.7. The molecule has 1 aliphatic heterocycles. The van der Waals surface area contributed by atoms with Crippen LogP contribution in [0.4, 0.5) is 5.69 Å². The third-order valence-electron chi connectivity index (χ3n) is 6.10. The first-order valence-electron chi connectivity index (χ1n) is 10.5. The molecule has 4 rings (SSSR count). The van der Waals surface area contributed by atoms with Gasteiger partial charge in [0.2, 0.25) is 5.91 Å². The van der Waals surface area contributed by atoms with Gasteiger partial charge in [-0.3, -0.25) is 14.5 Å². The van der Waals surface area contributed by atoms with Crippen LogP contribution in [0.15, 0.2) is 53.7 Å². The number of para-hydroxylation sites is 1. The minimum absolute atomic E-state index is 0.0206. The van der Waals surface area contributed by atoms with Crippen LogP contribution in [0, 0.1) is 0 Å². The van der Waals surface area contributed by atoms with Crippen LogP contribution in [0.1, 0.15) is 49.7 Å². The molecule has 30 heavy (non-hydrogen) atoms. The number of ether oxygens (including phenoxy) is 2. The fourth-order valence-electron chi connectivity index (χ4n) is 4.67. The number of hydrogen-bond donors (Lipinski definition) is 0. The van der Waals surface area contributed by atoms with Crippen molar-refractivity contribution in [3.05, 3.63) is 64.9 Å². The Morgan fingerprint density at radius 1 is 1.03 bits per heavy atom. The number of aryl methyl sites for hydroxylation is 1. The van der Waals surface area contributed by atoms with E-state index in [2.05, 4.69) is 6.92 Å². The van der Waals surface area contributed by atoms with Crippen LogP contribution >= 0.6 is 0 Å². The van der Waals surface area contributed by atoms with E-state index in [1.54, 1.807) is 19.1 Å². The Morgan fingerprint density at radius 2 is 1.83 bits per heavy atom. The number of amides is 1. The molecule has 0 fully saturated rings. The topological polar surface area (TPSA) is 55.8 Å². The molecule has 0 spiro atoms. The number of ketones is 1. The van der Waals surface area contributed by atoms with Crippen molar-refractivity contribution < 1.29 is 19.1 Å². The summed E-state index contributed by atoms with van der Waals surface area (Å²) in [6, 6.07) is 13.5. The van der Waals surface area contributed by atoms with E-state index in [1.165, 1.54) is 0 Å². The van der Waals surface area contributed by atoms with Crippen LogP contribution < -0.4 is 14.4 Å². The molecule has 1 unspecified atom stereocenters.